The average molecular weight is 246 g/mol. The molecule has 3 aliphatic carbocycles. The van der Waals surface area contributed by atoms with Gasteiger partial charge in [-0.3, -0.25) is 4.79 Å². The molecule has 2 heteroatoms. The molecule has 2 unspecified atom stereocenters. The van der Waals surface area contributed by atoms with Crippen LogP contribution in [0.5, 0.6) is 0 Å². The number of carbonyl (C=O) groups is 1. The lowest BCUT2D eigenvalue weighted by atomic mass is 9.51. The molecule has 0 aliphatic heterocycles. The van der Waals surface area contributed by atoms with Gasteiger partial charge in [-0.05, 0) is 32.1 Å². The van der Waals surface area contributed by atoms with Gasteiger partial charge in [0.25, 0.3) is 0 Å². The van der Waals surface area contributed by atoms with Crippen LogP contribution in [0.4, 0.5) is 0 Å². The molecule has 0 spiro atoms. The minimum absolute atomic E-state index is 0.0154. The van der Waals surface area contributed by atoms with Gasteiger partial charge >= 0.3 is 0 Å². The molecule has 0 radical (unpaired) electrons. The fraction of sp³-hybridized carbons (Fsp3) is 0.688. The molecular formula is C16H22O2. The number of carbonyl (C=O) groups excluding carboxylic acids is 1. The summed E-state index contributed by atoms with van der Waals surface area (Å²) < 4.78 is 0. The highest BCUT2D eigenvalue weighted by Crippen LogP contribution is 2.61. The number of allylic oxidation sites excluding steroid dienone is 3. The lowest BCUT2D eigenvalue weighted by Crippen LogP contribution is -2.58. The highest BCUT2D eigenvalue weighted by atomic mass is 16.3. The number of ketones is 1. The van der Waals surface area contributed by atoms with Crippen molar-refractivity contribution in [2.24, 2.45) is 17.3 Å². The van der Waals surface area contributed by atoms with Crippen molar-refractivity contribution in [1.29, 1.82) is 0 Å². The maximum Gasteiger partial charge on any atom is 0.143 e. The van der Waals surface area contributed by atoms with Crippen LogP contribution in [0.1, 0.15) is 45.4 Å². The van der Waals surface area contributed by atoms with Crippen LogP contribution in [0.2, 0.25) is 0 Å². The molecule has 0 heterocycles. The third-order valence-electron chi connectivity index (χ3n) is 5.60. The molecular weight excluding hydrogens is 224 g/mol. The number of aliphatic hydroxyl groups is 1. The Balaban J connectivity index is 2.09. The molecule has 4 atom stereocenters. The van der Waals surface area contributed by atoms with Crippen LogP contribution < -0.4 is 0 Å². The molecule has 0 aromatic carbocycles. The largest absolute Gasteiger partial charge is 0.389 e. The van der Waals surface area contributed by atoms with E-state index in [1.807, 2.05) is 6.08 Å². The summed E-state index contributed by atoms with van der Waals surface area (Å²) >= 11 is 0. The van der Waals surface area contributed by atoms with Crippen molar-refractivity contribution in [3.05, 3.63) is 24.3 Å². The second kappa shape index (κ2) is 3.80. The van der Waals surface area contributed by atoms with Crippen LogP contribution in [-0.2, 0) is 4.79 Å². The number of hydrogen-bond acceptors (Lipinski definition) is 2. The summed E-state index contributed by atoms with van der Waals surface area (Å²) in [6.07, 6.45) is 9.42. The van der Waals surface area contributed by atoms with Gasteiger partial charge in [0.1, 0.15) is 5.78 Å². The second-order valence-electron chi connectivity index (χ2n) is 6.45. The van der Waals surface area contributed by atoms with Crippen LogP contribution >= 0.6 is 0 Å². The van der Waals surface area contributed by atoms with Gasteiger partial charge in [0, 0.05) is 17.8 Å². The molecule has 1 N–H and O–H groups in total. The van der Waals surface area contributed by atoms with Gasteiger partial charge in [0.15, 0.2) is 0 Å². The normalized spacial score (nSPS) is 47.2. The van der Waals surface area contributed by atoms with Crippen LogP contribution in [0.3, 0.4) is 0 Å². The number of rotatable bonds is 1. The Labute approximate surface area is 109 Å². The molecule has 0 saturated heterocycles. The summed E-state index contributed by atoms with van der Waals surface area (Å²) in [5.74, 6) is 0.424. The maximum atomic E-state index is 12.5. The van der Waals surface area contributed by atoms with E-state index >= 15 is 0 Å². The third-order valence-corrected chi connectivity index (χ3v) is 5.60. The van der Waals surface area contributed by atoms with Crippen molar-refractivity contribution in [2.45, 2.75) is 51.0 Å². The Hall–Kier alpha value is -0.890. The van der Waals surface area contributed by atoms with E-state index in [0.717, 1.165) is 25.7 Å². The lowest BCUT2D eigenvalue weighted by Gasteiger charge is -2.54. The predicted molar refractivity (Wildman–Crippen MR) is 71.0 cm³/mol. The van der Waals surface area contributed by atoms with Crippen molar-refractivity contribution >= 4 is 5.78 Å². The van der Waals surface area contributed by atoms with Gasteiger partial charge < -0.3 is 5.11 Å². The average Bonchev–Trinajstić information content (AvgIpc) is 2.67. The van der Waals surface area contributed by atoms with E-state index in [2.05, 4.69) is 19.6 Å². The van der Waals surface area contributed by atoms with E-state index in [1.54, 1.807) is 0 Å². The van der Waals surface area contributed by atoms with E-state index in [9.17, 15) is 9.90 Å². The van der Waals surface area contributed by atoms with Gasteiger partial charge in [-0.25, -0.2) is 0 Å². The van der Waals surface area contributed by atoms with Crippen LogP contribution in [-0.4, -0.2) is 16.5 Å². The molecule has 3 aliphatic rings. The molecule has 0 bridgehead atoms. The second-order valence-corrected chi connectivity index (χ2v) is 6.45. The topological polar surface area (TPSA) is 37.3 Å². The first kappa shape index (κ1) is 12.2. The SMILES string of the molecule is C=CC12CC=C(C)C1C(=O)C[C@@]1(O)CCCC[C@@H]21. The first-order valence-corrected chi connectivity index (χ1v) is 7.09. The van der Waals surface area contributed by atoms with Crippen molar-refractivity contribution in [3.8, 4) is 0 Å². The molecule has 98 valence electrons. The van der Waals surface area contributed by atoms with Crippen molar-refractivity contribution in [3.63, 3.8) is 0 Å². The maximum absolute atomic E-state index is 12.5. The summed E-state index contributed by atoms with van der Waals surface area (Å²) in [6, 6.07) is 0. The van der Waals surface area contributed by atoms with E-state index in [0.29, 0.717) is 6.42 Å². The zero-order valence-electron chi connectivity index (χ0n) is 11.1. The highest BCUT2D eigenvalue weighted by Gasteiger charge is 2.61. The first-order chi connectivity index (χ1) is 8.53. The molecule has 0 aromatic heterocycles. The summed E-state index contributed by atoms with van der Waals surface area (Å²) in [4.78, 5) is 12.5. The Kier molecular flexibility index (Phi) is 2.57. The standard InChI is InChI=1S/C16H22O2/c1-3-15-9-7-11(2)14(15)12(17)10-16(18)8-5-4-6-13(15)16/h3,7,13-14,18H,1,4-6,8-10H2,2H3/t13-,14?,15?,16-/m0/s1. The third kappa shape index (κ3) is 1.36. The number of Topliss-reactive ketones (excluding diaryl/α,β-unsaturated/α-hetero) is 1. The first-order valence-electron chi connectivity index (χ1n) is 7.09. The molecule has 2 nitrogen and oxygen atoms in total. The summed E-state index contributed by atoms with van der Waals surface area (Å²) in [5, 5.41) is 10.9. The molecule has 0 amide bonds. The molecule has 18 heavy (non-hydrogen) atoms. The smallest absolute Gasteiger partial charge is 0.143 e. The summed E-state index contributed by atoms with van der Waals surface area (Å²) in [5.41, 5.74) is 0.222. The Morgan fingerprint density at radius 2 is 2.28 bits per heavy atom. The minimum Gasteiger partial charge on any atom is -0.389 e. The fourth-order valence-electron chi connectivity index (χ4n) is 4.84. The Morgan fingerprint density at radius 1 is 1.50 bits per heavy atom. The molecule has 2 saturated carbocycles. The fourth-order valence-corrected chi connectivity index (χ4v) is 4.84. The zero-order chi connectivity index (χ0) is 13.0. The van der Waals surface area contributed by atoms with E-state index in [-0.39, 0.29) is 23.0 Å². The monoisotopic (exact) mass is 246 g/mol. The van der Waals surface area contributed by atoms with E-state index < -0.39 is 5.60 Å². The Bertz CT molecular complexity index is 436. The van der Waals surface area contributed by atoms with Crippen molar-refractivity contribution in [2.75, 3.05) is 0 Å². The minimum atomic E-state index is -0.765. The van der Waals surface area contributed by atoms with Gasteiger partial charge in [-0.1, -0.05) is 30.6 Å². The highest BCUT2D eigenvalue weighted by molar-refractivity contribution is 5.88. The van der Waals surface area contributed by atoms with Crippen LogP contribution in [0.15, 0.2) is 24.3 Å². The van der Waals surface area contributed by atoms with Crippen molar-refractivity contribution in [1.82, 2.24) is 0 Å². The van der Waals surface area contributed by atoms with Crippen LogP contribution in [0.25, 0.3) is 0 Å². The summed E-state index contributed by atoms with van der Waals surface area (Å²) in [6.45, 7) is 6.07. The molecule has 0 aromatic rings. The zero-order valence-corrected chi connectivity index (χ0v) is 11.1. The predicted octanol–water partition coefficient (Wildman–Crippen LogP) is 3.02. The quantitative estimate of drug-likeness (QED) is 0.722. The van der Waals surface area contributed by atoms with Crippen molar-refractivity contribution < 1.29 is 9.90 Å². The molecule has 2 fully saturated rings. The van der Waals surface area contributed by atoms with E-state index in [1.165, 1.54) is 12.0 Å². The Morgan fingerprint density at radius 3 is 3.00 bits per heavy atom. The lowest BCUT2D eigenvalue weighted by molar-refractivity contribution is -0.159. The van der Waals surface area contributed by atoms with Gasteiger partial charge in [-0.15, -0.1) is 6.58 Å². The van der Waals surface area contributed by atoms with Gasteiger partial charge in [0.2, 0.25) is 0 Å². The summed E-state index contributed by atoms with van der Waals surface area (Å²) in [7, 11) is 0. The van der Waals surface area contributed by atoms with Gasteiger partial charge in [0.05, 0.1) is 5.60 Å². The molecule has 3 rings (SSSR count). The van der Waals surface area contributed by atoms with E-state index in [4.69, 9.17) is 0 Å². The van der Waals surface area contributed by atoms with Crippen LogP contribution in [0, 0.1) is 17.3 Å². The number of fused-ring (bicyclic) bond motifs is 3. The number of hydrogen-bond donors (Lipinski definition) is 1. The van der Waals surface area contributed by atoms with Gasteiger partial charge in [-0.2, -0.15) is 0 Å².